The maximum atomic E-state index is 11.9. The summed E-state index contributed by atoms with van der Waals surface area (Å²) in [6.07, 6.45) is 0. The van der Waals surface area contributed by atoms with Crippen molar-refractivity contribution < 1.29 is 4.79 Å². The first kappa shape index (κ1) is 12.7. The maximum absolute atomic E-state index is 11.9. The molecule has 0 bridgehead atoms. The van der Waals surface area contributed by atoms with Crippen molar-refractivity contribution in [1.29, 1.82) is 0 Å². The van der Waals surface area contributed by atoms with Gasteiger partial charge in [-0.15, -0.1) is 0 Å². The Morgan fingerprint density at radius 2 is 2.27 bits per heavy atom. The number of nitrogens with zero attached hydrogens (tertiary/aromatic N) is 1. The van der Waals surface area contributed by atoms with E-state index in [0.29, 0.717) is 12.5 Å². The summed E-state index contributed by atoms with van der Waals surface area (Å²) >= 11 is 5.08. The van der Waals surface area contributed by atoms with Crippen LogP contribution in [0.4, 0.5) is 0 Å². The van der Waals surface area contributed by atoms with Crippen molar-refractivity contribution in [1.82, 2.24) is 4.90 Å². The molecular formula is C11H16BrNOS. The maximum Gasteiger partial charge on any atom is 0.236 e. The molecular weight excluding hydrogens is 274 g/mol. The van der Waals surface area contributed by atoms with Crippen molar-refractivity contribution in [2.24, 2.45) is 5.92 Å². The third-order valence-corrected chi connectivity index (χ3v) is 4.38. The second kappa shape index (κ2) is 5.66. The topological polar surface area (TPSA) is 20.3 Å². The van der Waals surface area contributed by atoms with Crippen LogP contribution in [0.5, 0.6) is 0 Å². The Balaban J connectivity index is 2.54. The molecule has 0 aliphatic rings. The predicted octanol–water partition coefficient (Wildman–Crippen LogP) is 3.13. The Morgan fingerprint density at radius 3 is 2.73 bits per heavy atom. The quantitative estimate of drug-likeness (QED) is 0.780. The minimum absolute atomic E-state index is 0.0823. The highest BCUT2D eigenvalue weighted by Gasteiger charge is 2.22. The molecule has 0 saturated heterocycles. The molecule has 1 rings (SSSR count). The summed E-state index contributed by atoms with van der Waals surface area (Å²) in [5.41, 5.74) is 1.19. The fraction of sp³-hybridized carbons (Fsp3) is 0.545. The zero-order valence-corrected chi connectivity index (χ0v) is 11.6. The summed E-state index contributed by atoms with van der Waals surface area (Å²) in [7, 11) is 1.84. The van der Waals surface area contributed by atoms with E-state index in [1.54, 1.807) is 16.2 Å². The Kier molecular flexibility index (Phi) is 4.80. The number of hydrogen-bond acceptors (Lipinski definition) is 2. The number of carbonyl (C=O) groups is 1. The number of hydrogen-bond donors (Lipinski definition) is 0. The minimum Gasteiger partial charge on any atom is -0.340 e. The standard InChI is InChI=1S/C11H16BrNOS/c1-8(2)10(12)11(14)13(3)6-9-4-5-15-7-9/h4-5,7-8,10H,6H2,1-3H3. The lowest BCUT2D eigenvalue weighted by Crippen LogP contribution is -2.35. The molecule has 0 fully saturated rings. The fourth-order valence-corrected chi connectivity index (χ4v) is 2.24. The zero-order valence-electron chi connectivity index (χ0n) is 9.24. The summed E-state index contributed by atoms with van der Waals surface area (Å²) in [4.78, 5) is 13.6. The molecule has 4 heteroatoms. The number of amides is 1. The average molecular weight is 290 g/mol. The van der Waals surface area contributed by atoms with Crippen molar-refractivity contribution in [3.05, 3.63) is 22.4 Å². The van der Waals surface area contributed by atoms with Gasteiger partial charge in [0.2, 0.25) is 5.91 Å². The summed E-state index contributed by atoms with van der Waals surface area (Å²) in [6.45, 7) is 4.77. The lowest BCUT2D eigenvalue weighted by atomic mass is 10.1. The van der Waals surface area contributed by atoms with Gasteiger partial charge in [-0.25, -0.2) is 0 Å². The monoisotopic (exact) mass is 289 g/mol. The van der Waals surface area contributed by atoms with Crippen LogP contribution in [0, 0.1) is 5.92 Å². The van der Waals surface area contributed by atoms with Gasteiger partial charge < -0.3 is 4.90 Å². The van der Waals surface area contributed by atoms with Crippen LogP contribution in [0.2, 0.25) is 0 Å². The first-order valence-corrected chi connectivity index (χ1v) is 6.78. The molecule has 1 aromatic rings. The van der Waals surface area contributed by atoms with E-state index >= 15 is 0 Å². The van der Waals surface area contributed by atoms with Gasteiger partial charge in [-0.2, -0.15) is 11.3 Å². The largest absolute Gasteiger partial charge is 0.340 e. The third-order valence-electron chi connectivity index (χ3n) is 2.20. The average Bonchev–Trinajstić information content (AvgIpc) is 2.67. The summed E-state index contributed by atoms with van der Waals surface area (Å²) in [5.74, 6) is 0.471. The fourth-order valence-electron chi connectivity index (χ4n) is 1.23. The van der Waals surface area contributed by atoms with Crippen LogP contribution in [-0.2, 0) is 11.3 Å². The molecule has 2 nitrogen and oxygen atoms in total. The van der Waals surface area contributed by atoms with Crippen LogP contribution in [0.25, 0.3) is 0 Å². The summed E-state index contributed by atoms with van der Waals surface area (Å²) < 4.78 is 0. The van der Waals surface area contributed by atoms with Gasteiger partial charge >= 0.3 is 0 Å². The van der Waals surface area contributed by atoms with E-state index in [1.165, 1.54) is 5.56 Å². The second-order valence-corrected chi connectivity index (χ2v) is 5.74. The van der Waals surface area contributed by atoms with Crippen LogP contribution >= 0.6 is 27.3 Å². The van der Waals surface area contributed by atoms with Gasteiger partial charge in [-0.05, 0) is 28.3 Å². The number of rotatable bonds is 4. The van der Waals surface area contributed by atoms with Crippen molar-refractivity contribution in [2.45, 2.75) is 25.2 Å². The molecule has 0 spiro atoms. The second-order valence-electron chi connectivity index (χ2n) is 3.97. The smallest absolute Gasteiger partial charge is 0.236 e. The van der Waals surface area contributed by atoms with E-state index in [1.807, 2.05) is 32.3 Å². The van der Waals surface area contributed by atoms with Gasteiger partial charge in [0.15, 0.2) is 0 Å². The van der Waals surface area contributed by atoms with E-state index in [4.69, 9.17) is 0 Å². The van der Waals surface area contributed by atoms with Crippen molar-refractivity contribution in [2.75, 3.05) is 7.05 Å². The van der Waals surface area contributed by atoms with E-state index in [9.17, 15) is 4.79 Å². The molecule has 1 unspecified atom stereocenters. The van der Waals surface area contributed by atoms with Gasteiger partial charge in [-0.1, -0.05) is 29.8 Å². The van der Waals surface area contributed by atoms with Gasteiger partial charge in [0.1, 0.15) is 0 Å². The molecule has 0 radical (unpaired) electrons. The van der Waals surface area contributed by atoms with Crippen LogP contribution in [0.3, 0.4) is 0 Å². The molecule has 15 heavy (non-hydrogen) atoms. The number of alkyl halides is 1. The third kappa shape index (κ3) is 3.61. The SMILES string of the molecule is CC(C)C(Br)C(=O)N(C)Cc1ccsc1. The first-order valence-electron chi connectivity index (χ1n) is 4.92. The molecule has 1 aromatic heterocycles. The molecule has 1 heterocycles. The van der Waals surface area contributed by atoms with Crippen molar-refractivity contribution in [3.8, 4) is 0 Å². The minimum atomic E-state index is -0.0823. The molecule has 1 amide bonds. The molecule has 0 N–H and O–H groups in total. The Bertz CT molecular complexity index is 310. The van der Waals surface area contributed by atoms with Gasteiger partial charge in [0, 0.05) is 13.6 Å². The van der Waals surface area contributed by atoms with Gasteiger partial charge in [0.05, 0.1) is 4.83 Å². The van der Waals surface area contributed by atoms with Crippen LogP contribution in [0.15, 0.2) is 16.8 Å². The van der Waals surface area contributed by atoms with E-state index in [-0.39, 0.29) is 10.7 Å². The van der Waals surface area contributed by atoms with Crippen molar-refractivity contribution >= 4 is 33.2 Å². The normalized spacial score (nSPS) is 12.9. The predicted molar refractivity (Wildman–Crippen MR) is 68.3 cm³/mol. The van der Waals surface area contributed by atoms with Crippen LogP contribution < -0.4 is 0 Å². The van der Waals surface area contributed by atoms with Crippen LogP contribution in [-0.4, -0.2) is 22.7 Å². The van der Waals surface area contributed by atoms with Crippen LogP contribution in [0.1, 0.15) is 19.4 Å². The highest BCUT2D eigenvalue weighted by Crippen LogP contribution is 2.16. The lowest BCUT2D eigenvalue weighted by molar-refractivity contribution is -0.130. The van der Waals surface area contributed by atoms with E-state index < -0.39 is 0 Å². The van der Waals surface area contributed by atoms with E-state index in [2.05, 4.69) is 21.3 Å². The molecule has 0 aliphatic carbocycles. The van der Waals surface area contributed by atoms with Gasteiger partial charge in [-0.3, -0.25) is 4.79 Å². The summed E-state index contributed by atoms with van der Waals surface area (Å²) in [5, 5.41) is 4.10. The Morgan fingerprint density at radius 1 is 1.60 bits per heavy atom. The molecule has 1 atom stereocenters. The Labute approximate surface area is 103 Å². The number of carbonyl (C=O) groups excluding carboxylic acids is 1. The summed E-state index contributed by atoms with van der Waals surface area (Å²) in [6, 6.07) is 2.05. The number of thiophene rings is 1. The molecule has 0 aliphatic heterocycles. The van der Waals surface area contributed by atoms with Gasteiger partial charge in [0.25, 0.3) is 0 Å². The number of halogens is 1. The molecule has 0 aromatic carbocycles. The lowest BCUT2D eigenvalue weighted by Gasteiger charge is -2.22. The first-order chi connectivity index (χ1) is 7.02. The molecule has 84 valence electrons. The zero-order chi connectivity index (χ0) is 11.4. The highest BCUT2D eigenvalue weighted by atomic mass is 79.9. The van der Waals surface area contributed by atoms with Crippen molar-refractivity contribution in [3.63, 3.8) is 0 Å². The Hall–Kier alpha value is -0.350. The molecule has 0 saturated carbocycles. The van der Waals surface area contributed by atoms with E-state index in [0.717, 1.165) is 0 Å². The highest BCUT2D eigenvalue weighted by molar-refractivity contribution is 9.10.